The summed E-state index contributed by atoms with van der Waals surface area (Å²) >= 11 is 2.12. The Labute approximate surface area is 146 Å². The highest BCUT2D eigenvalue weighted by atomic mass is 127. The summed E-state index contributed by atoms with van der Waals surface area (Å²) in [6.45, 7) is 7.78. The number of Topliss-reactive ketones (excluding diaryl/α,β-unsaturated/α-hetero) is 2. The van der Waals surface area contributed by atoms with Crippen molar-refractivity contribution in [3.8, 4) is 0 Å². The number of unbranched alkanes of at least 4 members (excludes halogenated alkanes) is 1. The number of ether oxygens (including phenoxy) is 1. The minimum Gasteiger partial charge on any atom is -0.465 e. The van der Waals surface area contributed by atoms with Crippen LogP contribution in [0.15, 0.2) is 11.1 Å². The molecule has 0 fully saturated rings. The maximum atomic E-state index is 12.1. The molecule has 0 radical (unpaired) electrons. The number of rotatable bonds is 8. The fraction of sp³-hybridized carbons (Fsp3) is 0.706. The van der Waals surface area contributed by atoms with Crippen LogP contribution in [0.5, 0.6) is 0 Å². The molecule has 4 nitrogen and oxygen atoms in total. The van der Waals surface area contributed by atoms with E-state index in [0.717, 1.165) is 6.42 Å². The molecule has 1 aliphatic rings. The summed E-state index contributed by atoms with van der Waals surface area (Å²) in [5.74, 6) is -0.734. The first-order valence-electron chi connectivity index (χ1n) is 7.77. The van der Waals surface area contributed by atoms with E-state index < -0.39 is 11.3 Å². The first kappa shape index (κ1) is 19.3. The van der Waals surface area contributed by atoms with Crippen LogP contribution in [0.25, 0.3) is 0 Å². The molecule has 1 atom stereocenters. The Hall–Kier alpha value is -0.720. The van der Waals surface area contributed by atoms with Gasteiger partial charge in [0.25, 0.3) is 0 Å². The predicted octanol–water partition coefficient (Wildman–Crippen LogP) is 3.66. The standard InChI is InChI=1S/C17H25IO4/c1-5-17(3,4)16(21)22-9-7-6-8-12-14(19)11(2)13(10-18)15(12)20/h12H,5-10H2,1-4H3/t12-/m1/s1. The molecule has 0 aromatic carbocycles. The lowest BCUT2D eigenvalue weighted by Crippen LogP contribution is -2.26. The molecule has 0 aromatic rings. The SMILES string of the molecule is CCC(C)(C)C(=O)OCCCC[C@@H]1C(=O)C(C)=C(CI)C1=O. The molecule has 0 heterocycles. The first-order chi connectivity index (χ1) is 10.3. The molecular formula is C17H25IO4. The molecule has 0 bridgehead atoms. The zero-order valence-corrected chi connectivity index (χ0v) is 16.0. The summed E-state index contributed by atoms with van der Waals surface area (Å²) in [5.41, 5.74) is 0.848. The molecular weight excluding hydrogens is 395 g/mol. The second-order valence-electron chi connectivity index (χ2n) is 6.39. The summed E-state index contributed by atoms with van der Waals surface area (Å²) in [6, 6.07) is 0. The lowest BCUT2D eigenvalue weighted by molar-refractivity contribution is -0.154. The van der Waals surface area contributed by atoms with Crippen molar-refractivity contribution in [1.29, 1.82) is 0 Å². The Morgan fingerprint density at radius 1 is 1.23 bits per heavy atom. The molecule has 124 valence electrons. The molecule has 1 rings (SSSR count). The maximum Gasteiger partial charge on any atom is 0.311 e. The zero-order chi connectivity index (χ0) is 16.9. The molecule has 0 saturated carbocycles. The zero-order valence-electron chi connectivity index (χ0n) is 13.8. The molecule has 0 N–H and O–H groups in total. The average Bonchev–Trinajstić information content (AvgIpc) is 2.69. The Morgan fingerprint density at radius 2 is 1.86 bits per heavy atom. The van der Waals surface area contributed by atoms with E-state index in [1.165, 1.54) is 0 Å². The Morgan fingerprint density at radius 3 is 2.36 bits per heavy atom. The van der Waals surface area contributed by atoms with Crippen LogP contribution in [0.1, 0.15) is 53.4 Å². The summed E-state index contributed by atoms with van der Waals surface area (Å²) < 4.78 is 5.85. The molecule has 0 spiro atoms. The monoisotopic (exact) mass is 420 g/mol. The third-order valence-electron chi connectivity index (χ3n) is 4.44. The van der Waals surface area contributed by atoms with Crippen LogP contribution in [-0.4, -0.2) is 28.6 Å². The van der Waals surface area contributed by atoms with Gasteiger partial charge in [0, 0.05) is 15.6 Å². The average molecular weight is 420 g/mol. The molecule has 1 aliphatic carbocycles. The van der Waals surface area contributed by atoms with Crippen LogP contribution in [-0.2, 0) is 19.1 Å². The summed E-state index contributed by atoms with van der Waals surface area (Å²) in [4.78, 5) is 36.0. The number of carbonyl (C=O) groups excluding carboxylic acids is 3. The Bertz CT molecular complexity index is 491. The van der Waals surface area contributed by atoms with Gasteiger partial charge in [-0.25, -0.2) is 0 Å². The van der Waals surface area contributed by atoms with Crippen molar-refractivity contribution in [2.75, 3.05) is 11.0 Å². The highest BCUT2D eigenvalue weighted by Crippen LogP contribution is 2.29. The molecule has 0 amide bonds. The quantitative estimate of drug-likeness (QED) is 0.198. The summed E-state index contributed by atoms with van der Waals surface area (Å²) in [6.07, 6.45) is 2.68. The number of hydrogen-bond donors (Lipinski definition) is 0. The van der Waals surface area contributed by atoms with Crippen LogP contribution in [0.3, 0.4) is 0 Å². The molecule has 0 unspecified atom stereocenters. The number of ketones is 2. The number of carbonyl (C=O) groups is 3. The molecule has 0 saturated heterocycles. The van der Waals surface area contributed by atoms with Gasteiger partial charge in [0.15, 0.2) is 11.6 Å². The van der Waals surface area contributed by atoms with Gasteiger partial charge >= 0.3 is 5.97 Å². The van der Waals surface area contributed by atoms with E-state index in [0.29, 0.717) is 41.4 Å². The van der Waals surface area contributed by atoms with Crippen molar-refractivity contribution < 1.29 is 19.1 Å². The van der Waals surface area contributed by atoms with Crippen LogP contribution < -0.4 is 0 Å². The smallest absolute Gasteiger partial charge is 0.311 e. The molecule has 5 heteroatoms. The van der Waals surface area contributed by atoms with E-state index >= 15 is 0 Å². The van der Waals surface area contributed by atoms with E-state index in [9.17, 15) is 14.4 Å². The fourth-order valence-electron chi connectivity index (χ4n) is 2.31. The lowest BCUT2D eigenvalue weighted by Gasteiger charge is -2.20. The van der Waals surface area contributed by atoms with E-state index in [2.05, 4.69) is 22.6 Å². The van der Waals surface area contributed by atoms with Gasteiger partial charge in [0.2, 0.25) is 0 Å². The number of hydrogen-bond acceptors (Lipinski definition) is 4. The van der Waals surface area contributed by atoms with Crippen LogP contribution >= 0.6 is 22.6 Å². The van der Waals surface area contributed by atoms with Crippen LogP contribution in [0, 0.1) is 11.3 Å². The van der Waals surface area contributed by atoms with E-state index in [1.807, 2.05) is 20.8 Å². The minimum absolute atomic E-state index is 0.0130. The van der Waals surface area contributed by atoms with Crippen LogP contribution in [0.2, 0.25) is 0 Å². The predicted molar refractivity (Wildman–Crippen MR) is 94.0 cm³/mol. The number of allylic oxidation sites excluding steroid dienone is 2. The van der Waals surface area contributed by atoms with Crippen molar-refractivity contribution in [1.82, 2.24) is 0 Å². The van der Waals surface area contributed by atoms with E-state index in [1.54, 1.807) is 6.92 Å². The van der Waals surface area contributed by atoms with Crippen molar-refractivity contribution in [2.45, 2.75) is 53.4 Å². The van der Waals surface area contributed by atoms with Gasteiger partial charge in [0.05, 0.1) is 17.9 Å². The molecule has 22 heavy (non-hydrogen) atoms. The topological polar surface area (TPSA) is 60.4 Å². The summed E-state index contributed by atoms with van der Waals surface area (Å²) in [7, 11) is 0. The highest BCUT2D eigenvalue weighted by molar-refractivity contribution is 14.1. The second kappa shape index (κ2) is 8.22. The second-order valence-corrected chi connectivity index (χ2v) is 7.15. The van der Waals surface area contributed by atoms with Gasteiger partial charge in [-0.3, -0.25) is 14.4 Å². The number of halogens is 1. The van der Waals surface area contributed by atoms with Gasteiger partial charge in [-0.1, -0.05) is 29.5 Å². The van der Waals surface area contributed by atoms with Gasteiger partial charge in [0.1, 0.15) is 0 Å². The third-order valence-corrected chi connectivity index (χ3v) is 5.21. The minimum atomic E-state index is -0.507. The van der Waals surface area contributed by atoms with Gasteiger partial charge in [-0.15, -0.1) is 0 Å². The maximum absolute atomic E-state index is 12.1. The normalized spacial score (nSPS) is 19.0. The largest absolute Gasteiger partial charge is 0.465 e. The Kier molecular flexibility index (Phi) is 7.22. The van der Waals surface area contributed by atoms with Crippen molar-refractivity contribution in [3.63, 3.8) is 0 Å². The Balaban J connectivity index is 2.34. The number of alkyl halides is 1. The lowest BCUT2D eigenvalue weighted by atomic mass is 9.91. The summed E-state index contributed by atoms with van der Waals surface area (Å²) in [5, 5.41) is 0. The van der Waals surface area contributed by atoms with Crippen molar-refractivity contribution in [2.24, 2.45) is 11.3 Å². The molecule has 0 aromatic heterocycles. The first-order valence-corrected chi connectivity index (χ1v) is 9.30. The van der Waals surface area contributed by atoms with Gasteiger partial charge in [-0.05, 0) is 46.5 Å². The fourth-order valence-corrected chi connectivity index (χ4v) is 3.26. The highest BCUT2D eigenvalue weighted by Gasteiger charge is 2.37. The van der Waals surface area contributed by atoms with Crippen molar-refractivity contribution >= 4 is 40.1 Å². The van der Waals surface area contributed by atoms with E-state index in [-0.39, 0.29) is 17.5 Å². The molecule has 0 aliphatic heterocycles. The third kappa shape index (κ3) is 4.40. The van der Waals surface area contributed by atoms with Crippen LogP contribution in [0.4, 0.5) is 0 Å². The van der Waals surface area contributed by atoms with Gasteiger partial charge < -0.3 is 4.74 Å². The number of esters is 1. The van der Waals surface area contributed by atoms with Gasteiger partial charge in [-0.2, -0.15) is 0 Å². The van der Waals surface area contributed by atoms with E-state index in [4.69, 9.17) is 4.74 Å². The van der Waals surface area contributed by atoms with Crippen molar-refractivity contribution in [3.05, 3.63) is 11.1 Å².